The molecule has 0 fully saturated rings. The van der Waals surface area contributed by atoms with E-state index >= 15 is 0 Å². The van der Waals surface area contributed by atoms with Crippen molar-refractivity contribution in [3.05, 3.63) is 64.7 Å². The van der Waals surface area contributed by atoms with Gasteiger partial charge in [-0.15, -0.1) is 0 Å². The maximum Gasteiger partial charge on any atom is 0.417 e. The SMILES string of the molecule is COc1cccc(/C=C/C(=O)Nc2cccc3oc(=O)[nH]c23)c1. The Bertz CT molecular complexity index is 937. The number of benzene rings is 2. The van der Waals surface area contributed by atoms with Crippen molar-refractivity contribution in [1.82, 2.24) is 4.98 Å². The summed E-state index contributed by atoms with van der Waals surface area (Å²) >= 11 is 0. The molecule has 0 unspecified atom stereocenters. The van der Waals surface area contributed by atoms with Crippen molar-refractivity contribution in [3.63, 3.8) is 0 Å². The predicted molar refractivity (Wildman–Crippen MR) is 87.5 cm³/mol. The van der Waals surface area contributed by atoms with Crippen LogP contribution in [0.5, 0.6) is 5.75 Å². The number of aromatic amines is 1. The van der Waals surface area contributed by atoms with Gasteiger partial charge in [0.25, 0.3) is 0 Å². The van der Waals surface area contributed by atoms with Crippen LogP contribution in [0.15, 0.2) is 57.8 Å². The Labute approximate surface area is 131 Å². The van der Waals surface area contributed by atoms with E-state index in [9.17, 15) is 9.59 Å². The number of para-hydroxylation sites is 1. The number of carbonyl (C=O) groups is 1. The molecule has 1 heterocycles. The van der Waals surface area contributed by atoms with Crippen LogP contribution in [0, 0.1) is 0 Å². The van der Waals surface area contributed by atoms with E-state index in [2.05, 4.69) is 10.3 Å². The molecule has 2 N–H and O–H groups in total. The average Bonchev–Trinajstić information content (AvgIpc) is 2.94. The van der Waals surface area contributed by atoms with Gasteiger partial charge in [0.2, 0.25) is 5.91 Å². The molecule has 0 saturated heterocycles. The number of hydrogen-bond donors (Lipinski definition) is 2. The quantitative estimate of drug-likeness (QED) is 0.726. The van der Waals surface area contributed by atoms with Crippen molar-refractivity contribution in [2.24, 2.45) is 0 Å². The molecule has 0 atom stereocenters. The number of oxazole rings is 1. The second kappa shape index (κ2) is 6.23. The highest BCUT2D eigenvalue weighted by molar-refractivity contribution is 6.05. The number of anilines is 1. The number of fused-ring (bicyclic) bond motifs is 1. The van der Waals surface area contributed by atoms with Crippen LogP contribution >= 0.6 is 0 Å². The van der Waals surface area contributed by atoms with Crippen LogP contribution in [0.25, 0.3) is 17.2 Å². The maximum absolute atomic E-state index is 12.0. The molecule has 1 amide bonds. The lowest BCUT2D eigenvalue weighted by atomic mass is 10.2. The highest BCUT2D eigenvalue weighted by atomic mass is 16.5. The molecule has 0 saturated carbocycles. The van der Waals surface area contributed by atoms with Gasteiger partial charge in [0.1, 0.15) is 11.3 Å². The zero-order chi connectivity index (χ0) is 16.2. The van der Waals surface area contributed by atoms with Crippen LogP contribution < -0.4 is 15.8 Å². The van der Waals surface area contributed by atoms with Gasteiger partial charge in [-0.1, -0.05) is 18.2 Å². The Kier molecular flexibility index (Phi) is 3.97. The van der Waals surface area contributed by atoms with Crippen LogP contribution in [0.3, 0.4) is 0 Å². The Morgan fingerprint density at radius 3 is 2.91 bits per heavy atom. The molecule has 3 rings (SSSR count). The number of carbonyl (C=O) groups excluding carboxylic acids is 1. The second-order valence-corrected chi connectivity index (χ2v) is 4.79. The fourth-order valence-electron chi connectivity index (χ4n) is 2.17. The third-order valence-electron chi connectivity index (χ3n) is 3.23. The highest BCUT2D eigenvalue weighted by Crippen LogP contribution is 2.20. The van der Waals surface area contributed by atoms with Crippen molar-refractivity contribution >= 4 is 28.8 Å². The Balaban J connectivity index is 1.78. The van der Waals surface area contributed by atoms with E-state index in [-0.39, 0.29) is 5.91 Å². The Morgan fingerprint density at radius 2 is 2.09 bits per heavy atom. The van der Waals surface area contributed by atoms with Crippen molar-refractivity contribution in [3.8, 4) is 5.75 Å². The standard InChI is InChI=1S/C17H14N2O4/c1-22-12-5-2-4-11(10-12)8-9-15(20)18-13-6-3-7-14-16(13)19-17(21)23-14/h2-10H,1H3,(H,18,20)(H,19,21)/b9-8+. The molecule has 116 valence electrons. The van der Waals surface area contributed by atoms with E-state index in [0.29, 0.717) is 22.5 Å². The van der Waals surface area contributed by atoms with Crippen LogP contribution in [-0.2, 0) is 4.79 Å². The number of nitrogens with one attached hydrogen (secondary N) is 2. The van der Waals surface area contributed by atoms with Gasteiger partial charge in [0, 0.05) is 6.08 Å². The first-order valence-electron chi connectivity index (χ1n) is 6.90. The van der Waals surface area contributed by atoms with Gasteiger partial charge in [0.05, 0.1) is 12.8 Å². The lowest BCUT2D eigenvalue weighted by Crippen LogP contribution is -2.08. The smallest absolute Gasteiger partial charge is 0.417 e. The fourth-order valence-corrected chi connectivity index (χ4v) is 2.17. The summed E-state index contributed by atoms with van der Waals surface area (Å²) in [7, 11) is 1.59. The molecule has 23 heavy (non-hydrogen) atoms. The number of H-pyrrole nitrogens is 1. The van der Waals surface area contributed by atoms with Gasteiger partial charge in [-0.2, -0.15) is 0 Å². The molecule has 6 nitrogen and oxygen atoms in total. The van der Waals surface area contributed by atoms with Gasteiger partial charge < -0.3 is 14.5 Å². The predicted octanol–water partition coefficient (Wildman–Crippen LogP) is 2.78. The fraction of sp³-hybridized carbons (Fsp3) is 0.0588. The minimum Gasteiger partial charge on any atom is -0.497 e. The second-order valence-electron chi connectivity index (χ2n) is 4.79. The summed E-state index contributed by atoms with van der Waals surface area (Å²) in [6, 6.07) is 12.4. The van der Waals surface area contributed by atoms with Gasteiger partial charge in [0.15, 0.2) is 5.58 Å². The van der Waals surface area contributed by atoms with Crippen molar-refractivity contribution in [2.45, 2.75) is 0 Å². The van der Waals surface area contributed by atoms with Crippen molar-refractivity contribution in [2.75, 3.05) is 12.4 Å². The van der Waals surface area contributed by atoms with E-state index in [1.165, 1.54) is 6.08 Å². The first-order chi connectivity index (χ1) is 11.2. The molecule has 0 spiro atoms. The molecule has 0 radical (unpaired) electrons. The summed E-state index contributed by atoms with van der Waals surface area (Å²) < 4.78 is 10.1. The maximum atomic E-state index is 12.0. The van der Waals surface area contributed by atoms with E-state index in [4.69, 9.17) is 9.15 Å². The minimum absolute atomic E-state index is 0.317. The minimum atomic E-state index is -0.561. The van der Waals surface area contributed by atoms with Crippen molar-refractivity contribution in [1.29, 1.82) is 0 Å². The molecule has 0 aliphatic rings. The van der Waals surface area contributed by atoms with E-state index in [1.807, 2.05) is 24.3 Å². The summed E-state index contributed by atoms with van der Waals surface area (Å²) in [5.74, 6) is -0.163. The first-order valence-corrected chi connectivity index (χ1v) is 6.90. The number of ether oxygens (including phenoxy) is 1. The van der Waals surface area contributed by atoms with Gasteiger partial charge in [-0.25, -0.2) is 4.79 Å². The number of rotatable bonds is 4. The highest BCUT2D eigenvalue weighted by Gasteiger charge is 2.07. The van der Waals surface area contributed by atoms with E-state index in [1.54, 1.807) is 31.4 Å². The molecule has 2 aromatic carbocycles. The average molecular weight is 310 g/mol. The van der Waals surface area contributed by atoms with E-state index < -0.39 is 5.76 Å². The lowest BCUT2D eigenvalue weighted by Gasteiger charge is -2.03. The lowest BCUT2D eigenvalue weighted by molar-refractivity contribution is -0.111. The molecule has 3 aromatic rings. The molecule has 0 aliphatic carbocycles. The van der Waals surface area contributed by atoms with Crippen LogP contribution in [0.4, 0.5) is 5.69 Å². The number of amides is 1. The summed E-state index contributed by atoms with van der Waals surface area (Å²) in [6.45, 7) is 0. The molecular formula is C17H14N2O4. The topological polar surface area (TPSA) is 84.3 Å². The molecule has 0 aliphatic heterocycles. The van der Waals surface area contributed by atoms with Gasteiger partial charge in [-0.05, 0) is 35.9 Å². The number of aromatic nitrogens is 1. The number of hydrogen-bond acceptors (Lipinski definition) is 4. The monoisotopic (exact) mass is 310 g/mol. The van der Waals surface area contributed by atoms with Gasteiger partial charge >= 0.3 is 5.76 Å². The normalized spacial score (nSPS) is 11.0. The zero-order valence-corrected chi connectivity index (χ0v) is 12.3. The number of methoxy groups -OCH3 is 1. The molecule has 0 bridgehead atoms. The third kappa shape index (κ3) is 3.32. The Morgan fingerprint density at radius 1 is 1.26 bits per heavy atom. The zero-order valence-electron chi connectivity index (χ0n) is 12.3. The van der Waals surface area contributed by atoms with E-state index in [0.717, 1.165) is 5.56 Å². The Hall–Kier alpha value is -3.28. The summed E-state index contributed by atoms with van der Waals surface area (Å²) in [5, 5.41) is 2.71. The van der Waals surface area contributed by atoms with Gasteiger partial charge in [-0.3, -0.25) is 9.78 Å². The van der Waals surface area contributed by atoms with Crippen molar-refractivity contribution < 1.29 is 13.9 Å². The molecular weight excluding hydrogens is 296 g/mol. The third-order valence-corrected chi connectivity index (χ3v) is 3.23. The molecule has 1 aromatic heterocycles. The largest absolute Gasteiger partial charge is 0.497 e. The summed E-state index contributed by atoms with van der Waals surface area (Å²) in [4.78, 5) is 25.8. The van der Waals surface area contributed by atoms with Crippen LogP contribution in [0.1, 0.15) is 5.56 Å². The molecule has 6 heteroatoms. The first kappa shape index (κ1) is 14.6. The summed E-state index contributed by atoms with van der Waals surface area (Å²) in [6.07, 6.45) is 3.09. The summed E-state index contributed by atoms with van der Waals surface area (Å²) in [5.41, 5.74) is 2.17. The van der Waals surface area contributed by atoms with Crippen LogP contribution in [-0.4, -0.2) is 18.0 Å². The van der Waals surface area contributed by atoms with Crippen LogP contribution in [0.2, 0.25) is 0 Å².